The lowest BCUT2D eigenvalue weighted by Crippen LogP contribution is -1.97. The number of pyridine rings is 3. The van der Waals surface area contributed by atoms with Gasteiger partial charge in [-0.1, -0.05) is 376 Å². The molecule has 25 aromatic rings. The number of hydrogen-bond donors (Lipinski definition) is 0. The minimum atomic E-state index is 0.685. The Kier molecular flexibility index (Phi) is 19.2. The molecule has 0 N–H and O–H groups in total. The number of hydrogen-bond acceptors (Lipinski definition) is 5. The Morgan fingerprint density at radius 3 is 1.03 bits per heavy atom. The first-order valence-corrected chi connectivity index (χ1v) is 44.4. The van der Waals surface area contributed by atoms with Gasteiger partial charge in [-0.2, -0.15) is 0 Å². The molecular weight excluding hydrogens is 1570 g/mol. The lowest BCUT2D eigenvalue weighted by atomic mass is 9.85. The Labute approximate surface area is 752 Å². The van der Waals surface area contributed by atoms with Crippen molar-refractivity contribution in [2.75, 3.05) is 0 Å². The molecule has 0 spiro atoms. The first kappa shape index (κ1) is 76.4. The van der Waals surface area contributed by atoms with Gasteiger partial charge >= 0.3 is 0 Å². The van der Waals surface area contributed by atoms with Crippen LogP contribution in [0.5, 0.6) is 0 Å². The van der Waals surface area contributed by atoms with E-state index >= 15 is 0 Å². The van der Waals surface area contributed by atoms with Crippen LogP contribution in [-0.2, 0) is 0 Å². The molecule has 0 unspecified atom stereocenters. The molecule has 26 rings (SSSR count). The van der Waals surface area contributed by atoms with Gasteiger partial charge < -0.3 is 0 Å². The number of aromatic nitrogens is 5. The Morgan fingerprint density at radius 1 is 0.154 bits per heavy atom. The van der Waals surface area contributed by atoms with Gasteiger partial charge in [-0.25, -0.2) is 9.97 Å². The molecule has 0 amide bonds. The Hall–Kier alpha value is -17.3. The molecule has 4 aromatic heterocycles. The van der Waals surface area contributed by atoms with E-state index in [2.05, 4.69) is 447 Å². The topological polar surface area (TPSA) is 64.5 Å². The third-order valence-corrected chi connectivity index (χ3v) is 26.1. The summed E-state index contributed by atoms with van der Waals surface area (Å²) in [6.45, 7) is 0. The second kappa shape index (κ2) is 32.7. The summed E-state index contributed by atoms with van der Waals surface area (Å²) in [4.78, 5) is 24.1. The molecule has 604 valence electrons. The van der Waals surface area contributed by atoms with Crippen molar-refractivity contribution in [3.63, 3.8) is 0 Å². The molecule has 21 aromatic carbocycles. The lowest BCUT2D eigenvalue weighted by Gasteiger charge is -2.18. The third-order valence-electron chi connectivity index (χ3n) is 26.1. The molecule has 130 heavy (non-hydrogen) atoms. The van der Waals surface area contributed by atoms with Crippen LogP contribution < -0.4 is 0 Å². The molecule has 1 aliphatic rings. The molecule has 0 bridgehead atoms. The first-order chi connectivity index (χ1) is 64.4. The fourth-order valence-corrected chi connectivity index (χ4v) is 19.9. The largest absolute Gasteiger partial charge is 0.264 e. The normalized spacial score (nSPS) is 11.5. The first-order valence-electron chi connectivity index (χ1n) is 44.4. The summed E-state index contributed by atoms with van der Waals surface area (Å²) in [5, 5.41) is 24.6. The van der Waals surface area contributed by atoms with E-state index in [0.29, 0.717) is 5.82 Å². The van der Waals surface area contributed by atoms with Gasteiger partial charge in [0.15, 0.2) is 5.82 Å². The van der Waals surface area contributed by atoms with Crippen LogP contribution in [0.25, 0.3) is 253 Å². The van der Waals surface area contributed by atoms with Crippen molar-refractivity contribution in [2.24, 2.45) is 0 Å². The highest BCUT2D eigenvalue weighted by atomic mass is 14.9. The maximum absolute atomic E-state index is 5.32. The van der Waals surface area contributed by atoms with Crippen molar-refractivity contribution in [1.82, 2.24) is 24.9 Å². The second-order valence-corrected chi connectivity index (χ2v) is 33.6. The molecule has 4 heterocycles. The van der Waals surface area contributed by atoms with Crippen molar-refractivity contribution in [1.29, 1.82) is 0 Å². The van der Waals surface area contributed by atoms with E-state index in [0.717, 1.165) is 67.0 Å². The van der Waals surface area contributed by atoms with E-state index in [9.17, 15) is 0 Å². The lowest BCUT2D eigenvalue weighted by molar-refractivity contribution is 1.19. The fourth-order valence-electron chi connectivity index (χ4n) is 19.9. The van der Waals surface area contributed by atoms with E-state index in [4.69, 9.17) is 15.0 Å². The van der Waals surface area contributed by atoms with Crippen LogP contribution in [0, 0.1) is 0 Å². The van der Waals surface area contributed by atoms with Crippen LogP contribution in [0.4, 0.5) is 0 Å². The van der Waals surface area contributed by atoms with Crippen LogP contribution in [0.2, 0.25) is 0 Å². The molecule has 0 radical (unpaired) electrons. The Balaban J connectivity index is 0.000000109. The molecule has 0 saturated heterocycles. The van der Waals surface area contributed by atoms with Gasteiger partial charge in [0.2, 0.25) is 0 Å². The molecular formula is C125H79N5. The van der Waals surface area contributed by atoms with E-state index in [1.54, 1.807) is 0 Å². The highest BCUT2D eigenvalue weighted by molar-refractivity contribution is 6.23. The van der Waals surface area contributed by atoms with Crippen LogP contribution in [-0.4, -0.2) is 24.9 Å². The zero-order chi connectivity index (χ0) is 86.0. The summed E-state index contributed by atoms with van der Waals surface area (Å²) in [6.07, 6.45) is 9.36. The highest BCUT2D eigenvalue weighted by Crippen LogP contribution is 2.51. The van der Waals surface area contributed by atoms with Gasteiger partial charge in [0.25, 0.3) is 0 Å². The Morgan fingerprint density at radius 2 is 0.508 bits per heavy atom. The van der Waals surface area contributed by atoms with E-state index in [-0.39, 0.29) is 0 Å². The molecule has 0 saturated carbocycles. The summed E-state index contributed by atoms with van der Waals surface area (Å²) in [5.41, 5.74) is 29.3. The molecule has 0 fully saturated rings. The van der Waals surface area contributed by atoms with Crippen molar-refractivity contribution < 1.29 is 0 Å². The van der Waals surface area contributed by atoms with Crippen LogP contribution in [0.15, 0.2) is 480 Å². The van der Waals surface area contributed by atoms with Gasteiger partial charge in [-0.05, 0) is 264 Å². The van der Waals surface area contributed by atoms with Crippen molar-refractivity contribution in [3.05, 3.63) is 480 Å². The smallest absolute Gasteiger partial charge is 0.160 e. The Bertz CT molecular complexity index is 8430. The molecule has 5 heteroatoms. The van der Waals surface area contributed by atoms with E-state index in [1.807, 2.05) is 43.1 Å². The van der Waals surface area contributed by atoms with Crippen LogP contribution >= 0.6 is 0 Å². The summed E-state index contributed by atoms with van der Waals surface area (Å²) < 4.78 is 0. The van der Waals surface area contributed by atoms with Gasteiger partial charge in [0.05, 0.1) is 17.1 Å². The predicted molar refractivity (Wildman–Crippen MR) is 548 cm³/mol. The van der Waals surface area contributed by atoms with E-state index in [1.165, 1.54) is 180 Å². The van der Waals surface area contributed by atoms with Crippen LogP contribution in [0.3, 0.4) is 0 Å². The van der Waals surface area contributed by atoms with Crippen molar-refractivity contribution >= 4 is 108 Å². The second-order valence-electron chi connectivity index (χ2n) is 33.6. The van der Waals surface area contributed by atoms with Gasteiger partial charge in [-0.3, -0.25) is 15.0 Å². The molecule has 5 nitrogen and oxygen atoms in total. The summed E-state index contributed by atoms with van der Waals surface area (Å²) >= 11 is 0. The standard InChI is InChI=1S/C47H29N3.C42H26.C36H24N2/c1-6-16-37-30(11-1)25-26-48-46(37)31-21-23-32(24-22-31)47-49-44(42-27-33-12-2-4-14-35(33)38-17-7-9-19-40(38)42)29-45(50-47)43-28-34-13-3-5-15-36(34)39-18-8-10-20-41(39)43;1-2-8-28-23-31(16-15-27(28)7-1)33-20-19-32-24-30(17-18-34(32)25-33)29-9-5-10-35(26-29)36-21-22-41-38-12-4-3-11-37(38)40-14-6-13-39(36)42(40)41;1-2-16-32-31(15-1)35(27-11-5-9-25(21-27)29-13-7-19-37-23-29)33-17-3-4-18-34(33)36(32)28-12-6-10-26(22-28)30-14-8-20-38-24-30/h1-29H;1-26H;1-24H. The highest BCUT2D eigenvalue weighted by Gasteiger charge is 2.25. The molecule has 0 atom stereocenters. The number of fused-ring (bicyclic) bond motifs is 14. The summed E-state index contributed by atoms with van der Waals surface area (Å²) in [7, 11) is 0. The predicted octanol–water partition coefficient (Wildman–Crippen LogP) is 33.6. The molecule has 1 aliphatic carbocycles. The molecule has 0 aliphatic heterocycles. The van der Waals surface area contributed by atoms with Gasteiger partial charge in [0, 0.05) is 69.8 Å². The monoisotopic (exact) mass is 1650 g/mol. The average molecular weight is 1650 g/mol. The zero-order valence-corrected chi connectivity index (χ0v) is 70.8. The van der Waals surface area contributed by atoms with Crippen molar-refractivity contribution in [2.45, 2.75) is 0 Å². The number of benzene rings is 21. The maximum Gasteiger partial charge on any atom is 0.160 e. The minimum absolute atomic E-state index is 0.685. The van der Waals surface area contributed by atoms with Crippen LogP contribution in [0.1, 0.15) is 0 Å². The summed E-state index contributed by atoms with van der Waals surface area (Å²) in [5.74, 6) is 0.685. The van der Waals surface area contributed by atoms with Crippen molar-refractivity contribution in [3.8, 4) is 145 Å². The average Bonchev–Trinajstić information content (AvgIpc) is 1.63. The quantitative estimate of drug-likeness (QED) is 0.0954. The minimum Gasteiger partial charge on any atom is -0.264 e. The number of rotatable bonds is 11. The maximum atomic E-state index is 5.32. The SMILES string of the molecule is c1cc(-c2ccc3cc(-c4ccc5ccccc5c4)ccc3c2)cc(-c2ccc3c4c(cccc24)-c2ccccc2-3)c1.c1ccc2c(-c3ccc(-c4nc(-c5cc6ccccc6c6ccccc56)cc(-c5cc6ccccc6c6ccccc56)n4)cc3)nccc2c1.c1cncc(-c2cccc(-c3c4ccccc4c(-c4cccc(-c5cccnc5)c4)c4ccccc34)c2)c1. The third kappa shape index (κ3) is 13.9. The van der Waals surface area contributed by atoms with E-state index < -0.39 is 0 Å². The number of nitrogens with zero attached hydrogens (tertiary/aromatic N) is 5. The summed E-state index contributed by atoms with van der Waals surface area (Å²) in [6, 6.07) is 162. The van der Waals surface area contributed by atoms with Gasteiger partial charge in [-0.15, -0.1) is 0 Å². The van der Waals surface area contributed by atoms with Gasteiger partial charge in [0.1, 0.15) is 0 Å². The fraction of sp³-hybridized carbons (Fsp3) is 0. The zero-order valence-electron chi connectivity index (χ0n) is 70.8.